The van der Waals surface area contributed by atoms with E-state index < -0.39 is 0 Å². The molecule has 0 spiro atoms. The number of nitrogens with zero attached hydrogens (tertiary/aromatic N) is 5. The summed E-state index contributed by atoms with van der Waals surface area (Å²) in [5.74, 6) is 1.02. The van der Waals surface area contributed by atoms with Gasteiger partial charge in [0.2, 0.25) is 0 Å². The maximum Gasteiger partial charge on any atom is 0.109 e. The van der Waals surface area contributed by atoms with E-state index in [9.17, 15) is 0 Å². The molecule has 1 aliphatic heterocycles. The monoisotopic (exact) mass is 149 g/mol. The second-order valence-corrected chi connectivity index (χ2v) is 2.56. The van der Waals surface area contributed by atoms with Gasteiger partial charge in [-0.2, -0.15) is 0 Å². The van der Waals surface area contributed by atoms with Crippen molar-refractivity contribution in [3.8, 4) is 0 Å². The Labute approximate surface area is 63.3 Å². The van der Waals surface area contributed by atoms with Gasteiger partial charge in [-0.05, 0) is 5.53 Å². The van der Waals surface area contributed by atoms with E-state index in [1.807, 2.05) is 10.8 Å². The molecule has 1 unspecified atom stereocenters. The van der Waals surface area contributed by atoms with Gasteiger partial charge in [0.15, 0.2) is 0 Å². The third kappa shape index (κ3) is 0.951. The molecular weight excluding hydrogens is 142 g/mol. The van der Waals surface area contributed by atoms with Gasteiger partial charge in [-0.15, -0.1) is 0 Å². The van der Waals surface area contributed by atoms with Crippen molar-refractivity contribution in [1.82, 2.24) is 9.55 Å². The van der Waals surface area contributed by atoms with E-state index in [4.69, 9.17) is 5.53 Å². The largest absolute Gasteiger partial charge is 0.335 e. The first-order chi connectivity index (χ1) is 5.40. The van der Waals surface area contributed by atoms with Crippen LogP contribution in [0.2, 0.25) is 0 Å². The number of hydrogen-bond acceptors (Lipinski definition) is 2. The third-order valence-electron chi connectivity index (χ3n) is 1.84. The summed E-state index contributed by atoms with van der Waals surface area (Å²) >= 11 is 0. The number of fused-ring (bicyclic) bond motifs is 1. The van der Waals surface area contributed by atoms with Crippen LogP contribution in [0, 0.1) is 0 Å². The molecule has 1 aromatic heterocycles. The molecule has 5 nitrogen and oxygen atoms in total. The molecule has 0 amide bonds. The van der Waals surface area contributed by atoms with Crippen molar-refractivity contribution in [2.24, 2.45) is 5.11 Å². The summed E-state index contributed by atoms with van der Waals surface area (Å²) in [4.78, 5) is 6.87. The molecule has 1 atom stereocenters. The molecule has 11 heavy (non-hydrogen) atoms. The van der Waals surface area contributed by atoms with Gasteiger partial charge < -0.3 is 4.57 Å². The van der Waals surface area contributed by atoms with Crippen LogP contribution in [0.5, 0.6) is 0 Å². The number of imidazole rings is 1. The van der Waals surface area contributed by atoms with Crippen molar-refractivity contribution in [2.45, 2.75) is 19.0 Å². The summed E-state index contributed by atoms with van der Waals surface area (Å²) < 4.78 is 2.01. The third-order valence-corrected chi connectivity index (χ3v) is 1.84. The van der Waals surface area contributed by atoms with Gasteiger partial charge in [-0.1, -0.05) is 5.11 Å². The Morgan fingerprint density at radius 3 is 3.45 bits per heavy atom. The topological polar surface area (TPSA) is 66.6 Å². The standard InChI is InChI=1S/C6H7N5/c7-10-9-5-3-6-8-1-2-11(6)4-5/h1-2,5H,3-4H2. The number of azide groups is 1. The average molecular weight is 149 g/mol. The number of rotatable bonds is 1. The van der Waals surface area contributed by atoms with Crippen molar-refractivity contribution in [3.05, 3.63) is 28.7 Å². The van der Waals surface area contributed by atoms with Crippen LogP contribution in [0.4, 0.5) is 0 Å². The summed E-state index contributed by atoms with van der Waals surface area (Å²) in [5.41, 5.74) is 8.17. The lowest BCUT2D eigenvalue weighted by Crippen LogP contribution is -2.03. The van der Waals surface area contributed by atoms with E-state index in [0.29, 0.717) is 0 Å². The molecular formula is C6H7N5. The first-order valence-electron chi connectivity index (χ1n) is 3.44. The molecule has 0 saturated carbocycles. The second kappa shape index (κ2) is 2.29. The Hall–Kier alpha value is -1.48. The highest BCUT2D eigenvalue weighted by molar-refractivity contribution is 5.02. The van der Waals surface area contributed by atoms with Crippen LogP contribution in [0.15, 0.2) is 17.5 Å². The van der Waals surface area contributed by atoms with Gasteiger partial charge in [-0.25, -0.2) is 4.98 Å². The summed E-state index contributed by atoms with van der Waals surface area (Å²) in [7, 11) is 0. The van der Waals surface area contributed by atoms with Gasteiger partial charge in [-0.3, -0.25) is 0 Å². The van der Waals surface area contributed by atoms with Crippen molar-refractivity contribution in [1.29, 1.82) is 0 Å². The van der Waals surface area contributed by atoms with Crippen molar-refractivity contribution >= 4 is 0 Å². The van der Waals surface area contributed by atoms with Gasteiger partial charge in [0.1, 0.15) is 5.82 Å². The zero-order valence-corrected chi connectivity index (χ0v) is 5.88. The first kappa shape index (κ1) is 6.24. The summed E-state index contributed by atoms with van der Waals surface area (Å²) in [6, 6.07) is 0.0729. The first-order valence-corrected chi connectivity index (χ1v) is 3.44. The maximum atomic E-state index is 8.17. The second-order valence-electron chi connectivity index (χ2n) is 2.56. The molecule has 0 saturated heterocycles. The highest BCUT2D eigenvalue weighted by atomic mass is 15.2. The molecule has 5 heteroatoms. The summed E-state index contributed by atoms with van der Waals surface area (Å²) in [6.07, 6.45) is 4.45. The van der Waals surface area contributed by atoms with Crippen molar-refractivity contribution in [2.75, 3.05) is 0 Å². The molecule has 0 aliphatic carbocycles. The maximum absolute atomic E-state index is 8.17. The van der Waals surface area contributed by atoms with E-state index in [-0.39, 0.29) is 6.04 Å². The Morgan fingerprint density at radius 2 is 2.73 bits per heavy atom. The minimum Gasteiger partial charge on any atom is -0.335 e. The van der Waals surface area contributed by atoms with Crippen LogP contribution in [-0.2, 0) is 13.0 Å². The zero-order valence-electron chi connectivity index (χ0n) is 5.88. The number of aromatic nitrogens is 2. The molecule has 0 bridgehead atoms. The van der Waals surface area contributed by atoms with Crippen LogP contribution in [0.3, 0.4) is 0 Å². The van der Waals surface area contributed by atoms with E-state index in [1.165, 1.54) is 0 Å². The highest BCUT2D eigenvalue weighted by Gasteiger charge is 2.19. The fourth-order valence-electron chi connectivity index (χ4n) is 1.35. The normalized spacial score (nSPS) is 20.9. The predicted octanol–water partition coefficient (Wildman–Crippen LogP) is 1.12. The zero-order chi connectivity index (χ0) is 7.68. The van der Waals surface area contributed by atoms with E-state index in [0.717, 1.165) is 18.8 Å². The Balaban J connectivity index is 2.21. The lowest BCUT2D eigenvalue weighted by Gasteiger charge is -1.95. The predicted molar refractivity (Wildman–Crippen MR) is 38.9 cm³/mol. The molecule has 2 rings (SSSR count). The van der Waals surface area contributed by atoms with Crippen LogP contribution in [-0.4, -0.2) is 15.6 Å². The van der Waals surface area contributed by atoms with Gasteiger partial charge in [0.25, 0.3) is 0 Å². The fourth-order valence-corrected chi connectivity index (χ4v) is 1.35. The lowest BCUT2D eigenvalue weighted by molar-refractivity contribution is 0.637. The molecule has 0 fully saturated rings. The van der Waals surface area contributed by atoms with Crippen molar-refractivity contribution in [3.63, 3.8) is 0 Å². The molecule has 56 valence electrons. The van der Waals surface area contributed by atoms with E-state index in [2.05, 4.69) is 15.0 Å². The summed E-state index contributed by atoms with van der Waals surface area (Å²) in [6.45, 7) is 0.777. The van der Waals surface area contributed by atoms with Gasteiger partial charge in [0.05, 0.1) is 6.04 Å². The van der Waals surface area contributed by atoms with Crippen LogP contribution in [0.25, 0.3) is 10.4 Å². The SMILES string of the molecule is [N-]=[N+]=NC1Cc2nccn2C1. The average Bonchev–Trinajstić information content (AvgIpc) is 2.46. The molecule has 0 aromatic carbocycles. The van der Waals surface area contributed by atoms with E-state index >= 15 is 0 Å². The smallest absolute Gasteiger partial charge is 0.109 e. The van der Waals surface area contributed by atoms with Gasteiger partial charge in [0, 0.05) is 30.3 Å². The van der Waals surface area contributed by atoms with Crippen molar-refractivity contribution < 1.29 is 0 Å². The van der Waals surface area contributed by atoms with Gasteiger partial charge >= 0.3 is 0 Å². The molecule has 2 heterocycles. The van der Waals surface area contributed by atoms with E-state index in [1.54, 1.807) is 6.20 Å². The molecule has 1 aromatic rings. The molecule has 1 aliphatic rings. The fraction of sp³-hybridized carbons (Fsp3) is 0.500. The highest BCUT2D eigenvalue weighted by Crippen LogP contribution is 2.14. The quantitative estimate of drug-likeness (QED) is 0.335. The molecule has 0 radical (unpaired) electrons. The van der Waals surface area contributed by atoms with Crippen LogP contribution >= 0.6 is 0 Å². The Kier molecular flexibility index (Phi) is 1.30. The molecule has 0 N–H and O–H groups in total. The minimum absolute atomic E-state index is 0.0729. The minimum atomic E-state index is 0.0729. The lowest BCUT2D eigenvalue weighted by atomic mass is 10.3. The summed E-state index contributed by atoms with van der Waals surface area (Å²) in [5, 5.41) is 3.63. The number of hydrogen-bond donors (Lipinski definition) is 0. The Morgan fingerprint density at radius 1 is 1.82 bits per heavy atom. The Bertz CT molecular complexity index is 288. The van der Waals surface area contributed by atoms with Crippen LogP contribution in [0.1, 0.15) is 5.82 Å². The van der Waals surface area contributed by atoms with Crippen LogP contribution < -0.4 is 0 Å².